The Balaban J connectivity index is 1.13. The first-order valence-electron chi connectivity index (χ1n) is 15.5. The van der Waals surface area contributed by atoms with E-state index in [4.69, 9.17) is 18.9 Å². The molecule has 1 aliphatic heterocycles. The van der Waals surface area contributed by atoms with Crippen LogP contribution in [0.25, 0.3) is 11.2 Å². The van der Waals surface area contributed by atoms with Gasteiger partial charge in [-0.05, 0) is 49.6 Å². The molecule has 6 rings (SSSR count). The van der Waals surface area contributed by atoms with Gasteiger partial charge >= 0.3 is 6.03 Å². The van der Waals surface area contributed by atoms with Crippen molar-refractivity contribution in [1.29, 1.82) is 0 Å². The lowest BCUT2D eigenvalue weighted by molar-refractivity contribution is -0.384. The molecule has 248 valence electrons. The maximum Gasteiger partial charge on any atom is 0.328 e. The first-order chi connectivity index (χ1) is 22.7. The first-order valence-corrected chi connectivity index (χ1v) is 15.5. The zero-order valence-electron chi connectivity index (χ0n) is 27.0. The van der Waals surface area contributed by atoms with Crippen molar-refractivity contribution in [2.24, 2.45) is 0 Å². The zero-order valence-corrected chi connectivity index (χ0v) is 27.0. The molecule has 0 spiro atoms. The summed E-state index contributed by atoms with van der Waals surface area (Å²) in [5, 5.41) is 14.7. The second kappa shape index (κ2) is 13.8. The molecule has 14 nitrogen and oxygen atoms in total. The smallest absolute Gasteiger partial charge is 0.328 e. The van der Waals surface area contributed by atoms with Gasteiger partial charge < -0.3 is 34.1 Å². The first kappa shape index (κ1) is 32.0. The molecule has 47 heavy (non-hydrogen) atoms. The van der Waals surface area contributed by atoms with Crippen LogP contribution in [0.2, 0.25) is 0 Å². The summed E-state index contributed by atoms with van der Waals surface area (Å²) < 4.78 is 23.9. The van der Waals surface area contributed by atoms with Crippen LogP contribution in [0.1, 0.15) is 29.7 Å². The minimum Gasteiger partial charge on any atom is -0.497 e. The molecule has 2 fully saturated rings. The summed E-state index contributed by atoms with van der Waals surface area (Å²) in [6.45, 7) is 5.11. The lowest BCUT2D eigenvalue weighted by Gasteiger charge is -2.36. The molecular weight excluding hydrogens is 606 g/mol. The van der Waals surface area contributed by atoms with E-state index in [0.717, 1.165) is 35.5 Å². The molecule has 2 aliphatic rings. The molecule has 2 aromatic heterocycles. The maximum atomic E-state index is 13.5. The molecule has 14 heteroatoms. The fraction of sp³-hybridized carbons (Fsp3) is 0.424. The molecule has 3 heterocycles. The number of methoxy groups -OCH3 is 2. The quantitative estimate of drug-likeness (QED) is 0.182. The van der Waals surface area contributed by atoms with E-state index in [1.165, 1.54) is 10.9 Å². The normalized spacial score (nSPS) is 17.7. The average Bonchev–Trinajstić information content (AvgIpc) is 3.50. The van der Waals surface area contributed by atoms with E-state index >= 15 is 0 Å². The number of nitrogens with zero attached hydrogens (tertiary/aromatic N) is 6. The summed E-state index contributed by atoms with van der Waals surface area (Å²) in [5.74, 6) is 1.42. The number of amides is 1. The number of morpholine rings is 1. The van der Waals surface area contributed by atoms with Crippen LogP contribution < -0.4 is 24.6 Å². The Labute approximate surface area is 272 Å². The molecule has 1 N–H and O–H groups in total. The van der Waals surface area contributed by atoms with Crippen LogP contribution in [0.15, 0.2) is 48.8 Å². The van der Waals surface area contributed by atoms with E-state index in [1.54, 1.807) is 26.4 Å². The molecule has 1 saturated carbocycles. The monoisotopic (exact) mass is 645 g/mol. The van der Waals surface area contributed by atoms with E-state index in [0.29, 0.717) is 61.1 Å². The highest BCUT2D eigenvalue weighted by atomic mass is 16.6. The summed E-state index contributed by atoms with van der Waals surface area (Å²) in [4.78, 5) is 38.1. The topological polar surface area (TPSA) is 146 Å². The van der Waals surface area contributed by atoms with Crippen molar-refractivity contribution < 1.29 is 28.7 Å². The Morgan fingerprint density at radius 2 is 1.94 bits per heavy atom. The summed E-state index contributed by atoms with van der Waals surface area (Å²) >= 11 is 0. The number of nitro groups is 1. The fourth-order valence-electron chi connectivity index (χ4n) is 5.97. The number of nitrogens with one attached hydrogen (secondary N) is 1. The van der Waals surface area contributed by atoms with Crippen molar-refractivity contribution in [2.45, 2.75) is 45.1 Å². The number of non-ortho nitro benzene ring substituents is 1. The molecule has 4 aromatic rings. The number of fused-ring (bicyclic) bond motifs is 1. The molecule has 1 aliphatic carbocycles. The Morgan fingerprint density at radius 3 is 2.64 bits per heavy atom. The molecule has 1 amide bonds. The highest BCUT2D eigenvalue weighted by Crippen LogP contribution is 2.31. The van der Waals surface area contributed by atoms with Crippen LogP contribution in [0.3, 0.4) is 0 Å². The van der Waals surface area contributed by atoms with Gasteiger partial charge in [0.15, 0.2) is 5.65 Å². The third-order valence-electron chi connectivity index (χ3n) is 8.68. The van der Waals surface area contributed by atoms with E-state index in [-0.39, 0.29) is 35.4 Å². The third kappa shape index (κ3) is 6.93. The Bertz CT molecular complexity index is 1770. The van der Waals surface area contributed by atoms with E-state index < -0.39 is 0 Å². The van der Waals surface area contributed by atoms with Crippen molar-refractivity contribution >= 4 is 34.3 Å². The summed E-state index contributed by atoms with van der Waals surface area (Å²) in [6, 6.07) is 12.1. The van der Waals surface area contributed by atoms with Crippen molar-refractivity contribution in [1.82, 2.24) is 19.9 Å². The zero-order chi connectivity index (χ0) is 33.1. The largest absolute Gasteiger partial charge is 0.497 e. The number of benzene rings is 2. The summed E-state index contributed by atoms with van der Waals surface area (Å²) in [5.41, 5.74) is 5.11. The minimum absolute atomic E-state index is 0.0222. The van der Waals surface area contributed by atoms with Gasteiger partial charge in [0.2, 0.25) is 0 Å². The predicted molar refractivity (Wildman–Crippen MR) is 176 cm³/mol. The Kier molecular flexibility index (Phi) is 9.41. The number of carbonyl (C=O) groups is 1. The van der Waals surface area contributed by atoms with Gasteiger partial charge in [-0.3, -0.25) is 10.1 Å². The maximum absolute atomic E-state index is 13.5. The van der Waals surface area contributed by atoms with Crippen molar-refractivity contribution in [3.05, 3.63) is 75.7 Å². The molecular formula is C33H39N7O7. The lowest BCUT2D eigenvalue weighted by atomic mass is 9.89. The van der Waals surface area contributed by atoms with E-state index in [2.05, 4.69) is 20.2 Å². The number of carbonyl (C=O) groups excluding carboxylic acids is 1. The number of hydrogen-bond donors (Lipinski definition) is 1. The Hall–Kier alpha value is -4.95. The molecule has 2 aromatic carbocycles. The second-order valence-corrected chi connectivity index (χ2v) is 11.8. The lowest BCUT2D eigenvalue weighted by Crippen LogP contribution is -2.52. The van der Waals surface area contributed by atoms with E-state index in [1.807, 2.05) is 49.2 Å². The van der Waals surface area contributed by atoms with Crippen molar-refractivity contribution in [3.63, 3.8) is 0 Å². The van der Waals surface area contributed by atoms with Crippen LogP contribution in [0.5, 0.6) is 11.5 Å². The molecule has 2 atom stereocenters. The molecule has 0 unspecified atom stereocenters. The average molecular weight is 646 g/mol. The van der Waals surface area contributed by atoms with Gasteiger partial charge in [0.05, 0.1) is 56.8 Å². The number of aromatic nitrogens is 3. The van der Waals surface area contributed by atoms with Gasteiger partial charge in [0.1, 0.15) is 23.3 Å². The number of aryl methyl sites for hydroxylation is 1. The summed E-state index contributed by atoms with van der Waals surface area (Å²) in [6.07, 6.45) is 2.78. The van der Waals surface area contributed by atoms with Gasteiger partial charge in [0, 0.05) is 61.8 Å². The number of hydrogen-bond acceptors (Lipinski definition) is 11. The standard InChI is InChI=1S/C33H39N7O7/c1-21-13-28(37(2)18-23-5-6-26(44-3)17-30(23)45-4)31-32(35-21)39(20-34-31)33(41)36-27-7-8-29(27)47-19-22-14-24(16-25(15-22)40(42)43)38-9-11-46-12-10-38/h5-6,13-17,20,27,29H,7-12,18-19H2,1-4H3,(H,36,41)/t27-,29-/m1/s1. The fourth-order valence-corrected chi connectivity index (χ4v) is 5.97. The number of nitro benzene ring substituents is 1. The number of ether oxygens (including phenoxy) is 4. The van der Waals surface area contributed by atoms with Crippen molar-refractivity contribution in [3.8, 4) is 11.5 Å². The third-order valence-corrected chi connectivity index (χ3v) is 8.68. The van der Waals surface area contributed by atoms with Gasteiger partial charge in [-0.25, -0.2) is 19.3 Å². The predicted octanol–water partition coefficient (Wildman–Crippen LogP) is 4.44. The van der Waals surface area contributed by atoms with Crippen LogP contribution in [-0.2, 0) is 22.6 Å². The molecule has 0 bridgehead atoms. The minimum atomic E-state index is -0.385. The molecule has 1 saturated heterocycles. The van der Waals surface area contributed by atoms with Gasteiger partial charge in [-0.1, -0.05) is 0 Å². The number of rotatable bonds is 11. The number of pyridine rings is 1. The SMILES string of the molecule is COc1ccc(CN(C)c2cc(C)nc3c2ncn3C(=O)N[C@@H]2CC[C@H]2OCc2cc(N3CCOCC3)cc([N+](=O)[O-])c2)c(OC)c1. The molecule has 0 radical (unpaired) electrons. The second-order valence-electron chi connectivity index (χ2n) is 11.8. The van der Waals surface area contributed by atoms with Gasteiger partial charge in [-0.15, -0.1) is 0 Å². The van der Waals surface area contributed by atoms with Gasteiger partial charge in [0.25, 0.3) is 5.69 Å². The van der Waals surface area contributed by atoms with Crippen LogP contribution >= 0.6 is 0 Å². The number of anilines is 2. The van der Waals surface area contributed by atoms with E-state index in [9.17, 15) is 14.9 Å². The van der Waals surface area contributed by atoms with Crippen LogP contribution in [-0.4, -0.2) is 85.2 Å². The van der Waals surface area contributed by atoms with Gasteiger partial charge in [-0.2, -0.15) is 0 Å². The highest BCUT2D eigenvalue weighted by molar-refractivity contribution is 5.93. The van der Waals surface area contributed by atoms with Crippen LogP contribution in [0.4, 0.5) is 21.9 Å². The highest BCUT2D eigenvalue weighted by Gasteiger charge is 2.34. The van der Waals surface area contributed by atoms with Crippen LogP contribution in [0, 0.1) is 17.0 Å². The van der Waals surface area contributed by atoms with Crippen molar-refractivity contribution in [2.75, 3.05) is 57.4 Å². The Morgan fingerprint density at radius 1 is 1.13 bits per heavy atom. The summed E-state index contributed by atoms with van der Waals surface area (Å²) in [7, 11) is 5.20. The number of imidazole rings is 1.